The lowest BCUT2D eigenvalue weighted by molar-refractivity contribution is -0.0212. The average Bonchev–Trinajstić information content (AvgIpc) is 2.35. The van der Waals surface area contributed by atoms with Gasteiger partial charge in [-0.25, -0.2) is 8.78 Å². The molecule has 0 aromatic heterocycles. The quantitative estimate of drug-likeness (QED) is 0.888. The van der Waals surface area contributed by atoms with Gasteiger partial charge in [0.2, 0.25) is 0 Å². The zero-order valence-corrected chi connectivity index (χ0v) is 10.6. The fourth-order valence-corrected chi connectivity index (χ4v) is 2.33. The van der Waals surface area contributed by atoms with Crippen LogP contribution in [0.5, 0.6) is 0 Å². The highest BCUT2D eigenvalue weighted by molar-refractivity contribution is 5.22. The second-order valence-corrected chi connectivity index (χ2v) is 4.70. The second-order valence-electron chi connectivity index (χ2n) is 4.70. The Morgan fingerprint density at radius 2 is 2.11 bits per heavy atom. The zero-order valence-electron chi connectivity index (χ0n) is 10.6. The van der Waals surface area contributed by atoms with Crippen molar-refractivity contribution in [3.05, 3.63) is 35.4 Å². The van der Waals surface area contributed by atoms with E-state index in [1.807, 2.05) is 19.0 Å². The molecule has 1 aliphatic rings. The number of nitrogens with one attached hydrogen (secondary N) is 1. The van der Waals surface area contributed by atoms with Crippen molar-refractivity contribution in [2.24, 2.45) is 0 Å². The lowest BCUT2D eigenvalue weighted by Gasteiger charge is -2.35. The van der Waals surface area contributed by atoms with E-state index in [2.05, 4.69) is 5.32 Å². The van der Waals surface area contributed by atoms with Crippen molar-refractivity contribution in [1.29, 1.82) is 0 Å². The Bertz CT molecular complexity index is 406. The summed E-state index contributed by atoms with van der Waals surface area (Å²) >= 11 is 0. The number of halogens is 2. The minimum absolute atomic E-state index is 0.0568. The Balaban J connectivity index is 2.25. The van der Waals surface area contributed by atoms with E-state index in [1.165, 1.54) is 6.07 Å². The first-order valence-electron chi connectivity index (χ1n) is 6.03. The van der Waals surface area contributed by atoms with E-state index in [0.29, 0.717) is 13.2 Å². The number of benzene rings is 1. The number of rotatable bonds is 3. The number of nitrogens with zero attached hydrogens (tertiary/aromatic N) is 1. The molecule has 0 aliphatic carbocycles. The molecule has 1 saturated heterocycles. The first-order chi connectivity index (χ1) is 8.59. The van der Waals surface area contributed by atoms with Crippen molar-refractivity contribution in [3.8, 4) is 0 Å². The molecule has 2 rings (SSSR count). The molecule has 1 fully saturated rings. The smallest absolute Gasteiger partial charge is 0.159 e. The molecule has 2 atom stereocenters. The van der Waals surface area contributed by atoms with Gasteiger partial charge in [-0.15, -0.1) is 0 Å². The SMILES string of the molecule is CN(C)C(c1ccc(F)c(F)c1)C1CNCCO1. The van der Waals surface area contributed by atoms with Crippen LogP contribution in [0.2, 0.25) is 0 Å². The Hall–Kier alpha value is -1.04. The highest BCUT2D eigenvalue weighted by Gasteiger charge is 2.28. The van der Waals surface area contributed by atoms with Crippen LogP contribution in [0, 0.1) is 11.6 Å². The van der Waals surface area contributed by atoms with E-state index in [0.717, 1.165) is 18.2 Å². The molecule has 1 heterocycles. The molecule has 1 aliphatic heterocycles. The van der Waals surface area contributed by atoms with Gasteiger partial charge in [-0.2, -0.15) is 0 Å². The number of likely N-dealkylation sites (N-methyl/N-ethyl adjacent to an activating group) is 1. The van der Waals surface area contributed by atoms with Gasteiger partial charge in [-0.1, -0.05) is 6.07 Å². The Morgan fingerprint density at radius 3 is 2.67 bits per heavy atom. The van der Waals surface area contributed by atoms with Gasteiger partial charge < -0.3 is 15.0 Å². The van der Waals surface area contributed by atoms with Crippen LogP contribution in [0.1, 0.15) is 11.6 Å². The summed E-state index contributed by atoms with van der Waals surface area (Å²) in [6, 6.07) is 3.93. The number of hydrogen-bond donors (Lipinski definition) is 1. The molecule has 5 heteroatoms. The van der Waals surface area contributed by atoms with Crippen molar-refractivity contribution >= 4 is 0 Å². The molecule has 0 radical (unpaired) electrons. The lowest BCUT2D eigenvalue weighted by Crippen LogP contribution is -2.45. The fourth-order valence-electron chi connectivity index (χ4n) is 2.33. The van der Waals surface area contributed by atoms with Crippen LogP contribution >= 0.6 is 0 Å². The standard InChI is InChI=1S/C13H18F2N2O/c1-17(2)13(12-8-16-5-6-18-12)9-3-4-10(14)11(15)7-9/h3-4,7,12-13,16H,5-6,8H2,1-2H3. The maximum absolute atomic E-state index is 13.3. The normalized spacial score (nSPS) is 22.2. The summed E-state index contributed by atoms with van der Waals surface area (Å²) in [6.45, 7) is 2.18. The Morgan fingerprint density at radius 1 is 1.33 bits per heavy atom. The van der Waals surface area contributed by atoms with Crippen molar-refractivity contribution in [2.45, 2.75) is 12.1 Å². The molecule has 3 nitrogen and oxygen atoms in total. The highest BCUT2D eigenvalue weighted by Crippen LogP contribution is 2.26. The molecular formula is C13H18F2N2O. The molecular weight excluding hydrogens is 238 g/mol. The summed E-state index contributed by atoms with van der Waals surface area (Å²) in [5, 5.41) is 3.25. The topological polar surface area (TPSA) is 24.5 Å². The minimum atomic E-state index is -0.820. The van der Waals surface area contributed by atoms with Crippen LogP contribution in [0.3, 0.4) is 0 Å². The minimum Gasteiger partial charge on any atom is -0.374 e. The molecule has 1 N–H and O–H groups in total. The third-order valence-electron chi connectivity index (χ3n) is 3.15. The van der Waals surface area contributed by atoms with Crippen molar-refractivity contribution < 1.29 is 13.5 Å². The average molecular weight is 256 g/mol. The van der Waals surface area contributed by atoms with Gasteiger partial charge >= 0.3 is 0 Å². The molecule has 18 heavy (non-hydrogen) atoms. The maximum atomic E-state index is 13.3. The van der Waals surface area contributed by atoms with Crippen LogP contribution in [-0.2, 0) is 4.74 Å². The number of ether oxygens (including phenoxy) is 1. The number of morpholine rings is 1. The summed E-state index contributed by atoms with van der Waals surface area (Å²) in [6.07, 6.45) is -0.0568. The van der Waals surface area contributed by atoms with Gasteiger partial charge in [0.1, 0.15) is 0 Å². The first-order valence-corrected chi connectivity index (χ1v) is 6.03. The number of hydrogen-bond acceptors (Lipinski definition) is 3. The Labute approximate surface area is 106 Å². The predicted molar refractivity (Wildman–Crippen MR) is 65.4 cm³/mol. The van der Waals surface area contributed by atoms with E-state index >= 15 is 0 Å². The van der Waals surface area contributed by atoms with Gasteiger partial charge in [-0.3, -0.25) is 0 Å². The van der Waals surface area contributed by atoms with E-state index in [1.54, 1.807) is 6.07 Å². The van der Waals surface area contributed by atoms with Crippen LogP contribution in [0.15, 0.2) is 18.2 Å². The molecule has 100 valence electrons. The molecule has 0 amide bonds. The van der Waals surface area contributed by atoms with Gasteiger partial charge in [0.25, 0.3) is 0 Å². The molecule has 0 bridgehead atoms. The van der Waals surface area contributed by atoms with Crippen molar-refractivity contribution in [1.82, 2.24) is 10.2 Å². The van der Waals surface area contributed by atoms with Crippen LogP contribution in [-0.4, -0.2) is 44.8 Å². The molecule has 0 spiro atoms. The van der Waals surface area contributed by atoms with Gasteiger partial charge in [0.15, 0.2) is 11.6 Å². The zero-order chi connectivity index (χ0) is 13.1. The fraction of sp³-hybridized carbons (Fsp3) is 0.538. The highest BCUT2D eigenvalue weighted by atomic mass is 19.2. The summed E-state index contributed by atoms with van der Waals surface area (Å²) in [5.41, 5.74) is 0.729. The third kappa shape index (κ3) is 2.85. The maximum Gasteiger partial charge on any atom is 0.159 e. The largest absolute Gasteiger partial charge is 0.374 e. The molecule has 0 saturated carbocycles. The van der Waals surface area contributed by atoms with Crippen molar-refractivity contribution in [2.75, 3.05) is 33.8 Å². The van der Waals surface area contributed by atoms with Gasteiger partial charge in [0, 0.05) is 13.1 Å². The molecule has 2 unspecified atom stereocenters. The van der Waals surface area contributed by atoms with Crippen LogP contribution in [0.25, 0.3) is 0 Å². The Kier molecular flexibility index (Phi) is 4.27. The van der Waals surface area contributed by atoms with E-state index in [4.69, 9.17) is 4.74 Å². The van der Waals surface area contributed by atoms with Crippen molar-refractivity contribution in [3.63, 3.8) is 0 Å². The molecule has 1 aromatic rings. The van der Waals surface area contributed by atoms with Crippen LogP contribution < -0.4 is 5.32 Å². The van der Waals surface area contributed by atoms with E-state index < -0.39 is 11.6 Å². The van der Waals surface area contributed by atoms with Gasteiger partial charge in [-0.05, 0) is 31.8 Å². The second kappa shape index (κ2) is 5.73. The monoisotopic (exact) mass is 256 g/mol. The third-order valence-corrected chi connectivity index (χ3v) is 3.15. The lowest BCUT2D eigenvalue weighted by atomic mass is 9.99. The summed E-state index contributed by atoms with van der Waals surface area (Å²) < 4.78 is 32.0. The van der Waals surface area contributed by atoms with E-state index in [9.17, 15) is 8.78 Å². The summed E-state index contributed by atoms with van der Waals surface area (Å²) in [5.74, 6) is -1.64. The molecule has 1 aromatic carbocycles. The van der Waals surface area contributed by atoms with Gasteiger partial charge in [0.05, 0.1) is 18.8 Å². The van der Waals surface area contributed by atoms with E-state index in [-0.39, 0.29) is 12.1 Å². The van der Waals surface area contributed by atoms with Crippen LogP contribution in [0.4, 0.5) is 8.78 Å². The summed E-state index contributed by atoms with van der Waals surface area (Å²) in [7, 11) is 3.81. The predicted octanol–water partition coefficient (Wildman–Crippen LogP) is 1.56. The first kappa shape index (κ1) is 13.4. The summed E-state index contributed by atoms with van der Waals surface area (Å²) in [4.78, 5) is 1.96.